The molecule has 130 valence electrons. The fraction of sp³-hybridized carbons (Fsp3) is 0.350. The summed E-state index contributed by atoms with van der Waals surface area (Å²) in [5.41, 5.74) is 5.01. The molecular formula is C20H23N3O2. The quantitative estimate of drug-likeness (QED) is 0.795. The normalized spacial score (nSPS) is 17.0. The van der Waals surface area contributed by atoms with Crippen LogP contribution in [0.15, 0.2) is 48.8 Å². The van der Waals surface area contributed by atoms with Crippen molar-refractivity contribution in [1.82, 2.24) is 14.3 Å². The molecule has 1 unspecified atom stereocenters. The van der Waals surface area contributed by atoms with Gasteiger partial charge >= 0.3 is 0 Å². The van der Waals surface area contributed by atoms with Crippen LogP contribution in [0.4, 0.5) is 0 Å². The highest BCUT2D eigenvalue weighted by molar-refractivity contribution is 5.69. The SMILES string of the molecule is CC(O)c1cc2ccccn2c1-c1ccc(CN2CCOCC2)cn1. The molecule has 1 aliphatic heterocycles. The van der Waals surface area contributed by atoms with Crippen LogP contribution in [0, 0.1) is 0 Å². The third-order valence-electron chi connectivity index (χ3n) is 4.74. The average molecular weight is 337 g/mol. The summed E-state index contributed by atoms with van der Waals surface area (Å²) in [7, 11) is 0. The molecule has 1 aliphatic rings. The summed E-state index contributed by atoms with van der Waals surface area (Å²) in [4.78, 5) is 7.07. The number of aliphatic hydroxyl groups is 1. The first kappa shape index (κ1) is 16.3. The minimum atomic E-state index is -0.537. The average Bonchev–Trinajstić information content (AvgIpc) is 3.03. The van der Waals surface area contributed by atoms with Crippen LogP contribution in [0.3, 0.4) is 0 Å². The molecular weight excluding hydrogens is 314 g/mol. The zero-order valence-corrected chi connectivity index (χ0v) is 14.4. The van der Waals surface area contributed by atoms with Crippen molar-refractivity contribution < 1.29 is 9.84 Å². The second-order valence-corrected chi connectivity index (χ2v) is 6.56. The molecule has 1 atom stereocenters. The van der Waals surface area contributed by atoms with E-state index in [0.29, 0.717) is 0 Å². The van der Waals surface area contributed by atoms with Gasteiger partial charge in [0.05, 0.1) is 30.7 Å². The first-order valence-electron chi connectivity index (χ1n) is 8.76. The minimum Gasteiger partial charge on any atom is -0.389 e. The van der Waals surface area contributed by atoms with E-state index in [2.05, 4.69) is 26.4 Å². The Bertz CT molecular complexity index is 849. The first-order chi connectivity index (χ1) is 12.2. The lowest BCUT2D eigenvalue weighted by Crippen LogP contribution is -2.35. The van der Waals surface area contributed by atoms with E-state index in [9.17, 15) is 5.11 Å². The molecule has 0 aromatic carbocycles. The predicted octanol–water partition coefficient (Wildman–Crippen LogP) is 2.89. The van der Waals surface area contributed by atoms with Crippen molar-refractivity contribution >= 4 is 5.52 Å². The summed E-state index contributed by atoms with van der Waals surface area (Å²) in [6.45, 7) is 6.24. The van der Waals surface area contributed by atoms with Crippen LogP contribution >= 0.6 is 0 Å². The molecule has 0 saturated carbocycles. The Kier molecular flexibility index (Phi) is 4.53. The molecule has 1 saturated heterocycles. The number of fused-ring (bicyclic) bond motifs is 1. The lowest BCUT2D eigenvalue weighted by atomic mass is 10.1. The lowest BCUT2D eigenvalue weighted by Gasteiger charge is -2.26. The molecule has 1 fully saturated rings. The largest absolute Gasteiger partial charge is 0.389 e. The van der Waals surface area contributed by atoms with Crippen molar-refractivity contribution in [2.45, 2.75) is 19.6 Å². The molecule has 4 heterocycles. The summed E-state index contributed by atoms with van der Waals surface area (Å²) in [6.07, 6.45) is 3.42. The Labute approximate surface area is 147 Å². The predicted molar refractivity (Wildman–Crippen MR) is 97.4 cm³/mol. The highest BCUT2D eigenvalue weighted by Crippen LogP contribution is 2.30. The molecule has 3 aromatic heterocycles. The monoisotopic (exact) mass is 337 g/mol. The van der Waals surface area contributed by atoms with Gasteiger partial charge in [-0.2, -0.15) is 0 Å². The maximum absolute atomic E-state index is 10.2. The lowest BCUT2D eigenvalue weighted by molar-refractivity contribution is 0.0341. The Morgan fingerprint density at radius 1 is 1.20 bits per heavy atom. The minimum absolute atomic E-state index is 0.537. The number of nitrogens with zero attached hydrogens (tertiary/aromatic N) is 3. The third-order valence-corrected chi connectivity index (χ3v) is 4.74. The van der Waals surface area contributed by atoms with Gasteiger partial charge in [-0.25, -0.2) is 0 Å². The summed E-state index contributed by atoms with van der Waals surface area (Å²) >= 11 is 0. The first-order valence-corrected chi connectivity index (χ1v) is 8.76. The van der Waals surface area contributed by atoms with Gasteiger partial charge in [-0.05, 0) is 36.8 Å². The number of aromatic nitrogens is 2. The maximum Gasteiger partial charge on any atom is 0.0874 e. The van der Waals surface area contributed by atoms with Crippen molar-refractivity contribution in [1.29, 1.82) is 0 Å². The number of pyridine rings is 2. The highest BCUT2D eigenvalue weighted by Gasteiger charge is 2.17. The Balaban J connectivity index is 1.65. The molecule has 4 rings (SSSR count). The van der Waals surface area contributed by atoms with Gasteiger partial charge in [-0.1, -0.05) is 12.1 Å². The van der Waals surface area contributed by atoms with E-state index in [1.165, 1.54) is 5.56 Å². The van der Waals surface area contributed by atoms with Gasteiger partial charge in [0.15, 0.2) is 0 Å². The molecule has 25 heavy (non-hydrogen) atoms. The van der Waals surface area contributed by atoms with Crippen molar-refractivity contribution in [2.75, 3.05) is 26.3 Å². The van der Waals surface area contributed by atoms with E-state index in [1.54, 1.807) is 6.92 Å². The molecule has 0 bridgehead atoms. The summed E-state index contributed by atoms with van der Waals surface area (Å²) < 4.78 is 7.49. The second-order valence-electron chi connectivity index (χ2n) is 6.56. The van der Waals surface area contributed by atoms with Crippen LogP contribution in [0.25, 0.3) is 16.9 Å². The van der Waals surface area contributed by atoms with E-state index in [1.807, 2.05) is 36.7 Å². The standard InChI is InChI=1S/C20H23N3O2/c1-15(24)18-12-17-4-2-3-7-23(17)20(18)19-6-5-16(13-21-19)14-22-8-10-25-11-9-22/h2-7,12-13,15,24H,8-11,14H2,1H3. The maximum atomic E-state index is 10.2. The van der Waals surface area contributed by atoms with Crippen LogP contribution in [0.5, 0.6) is 0 Å². The number of hydrogen-bond acceptors (Lipinski definition) is 4. The van der Waals surface area contributed by atoms with Gasteiger partial charge < -0.3 is 14.2 Å². The van der Waals surface area contributed by atoms with Gasteiger partial charge in [0, 0.05) is 43.1 Å². The van der Waals surface area contributed by atoms with Gasteiger partial charge in [-0.3, -0.25) is 9.88 Å². The summed E-state index contributed by atoms with van der Waals surface area (Å²) in [5.74, 6) is 0. The third kappa shape index (κ3) is 3.31. The van der Waals surface area contributed by atoms with Crippen LogP contribution in [-0.4, -0.2) is 45.7 Å². The zero-order valence-electron chi connectivity index (χ0n) is 14.4. The highest BCUT2D eigenvalue weighted by atomic mass is 16.5. The van der Waals surface area contributed by atoms with Gasteiger partial charge in [-0.15, -0.1) is 0 Å². The molecule has 0 radical (unpaired) electrons. The number of morpholine rings is 1. The smallest absolute Gasteiger partial charge is 0.0874 e. The van der Waals surface area contributed by atoms with Crippen molar-refractivity contribution in [3.63, 3.8) is 0 Å². The van der Waals surface area contributed by atoms with E-state index < -0.39 is 6.10 Å². The van der Waals surface area contributed by atoms with Crippen molar-refractivity contribution in [3.8, 4) is 11.4 Å². The Morgan fingerprint density at radius 2 is 2.04 bits per heavy atom. The summed E-state index contributed by atoms with van der Waals surface area (Å²) in [5, 5.41) is 10.2. The zero-order chi connectivity index (χ0) is 17.2. The number of aliphatic hydroxyl groups excluding tert-OH is 1. The molecule has 3 aromatic rings. The molecule has 0 spiro atoms. The topological polar surface area (TPSA) is 50.0 Å². The van der Waals surface area contributed by atoms with Gasteiger partial charge in [0.2, 0.25) is 0 Å². The molecule has 0 amide bonds. The summed E-state index contributed by atoms with van der Waals surface area (Å²) in [6, 6.07) is 12.3. The molecule has 5 heteroatoms. The van der Waals surface area contributed by atoms with Crippen LogP contribution < -0.4 is 0 Å². The van der Waals surface area contributed by atoms with Crippen LogP contribution in [-0.2, 0) is 11.3 Å². The van der Waals surface area contributed by atoms with Crippen LogP contribution in [0.2, 0.25) is 0 Å². The number of hydrogen-bond donors (Lipinski definition) is 1. The van der Waals surface area contributed by atoms with Crippen molar-refractivity contribution in [3.05, 3.63) is 59.9 Å². The van der Waals surface area contributed by atoms with E-state index in [-0.39, 0.29) is 0 Å². The van der Waals surface area contributed by atoms with Crippen molar-refractivity contribution in [2.24, 2.45) is 0 Å². The Hall–Kier alpha value is -2.21. The van der Waals surface area contributed by atoms with E-state index >= 15 is 0 Å². The number of rotatable bonds is 4. The van der Waals surface area contributed by atoms with E-state index in [0.717, 1.165) is 55.3 Å². The fourth-order valence-corrected chi connectivity index (χ4v) is 3.41. The Morgan fingerprint density at radius 3 is 2.76 bits per heavy atom. The van der Waals surface area contributed by atoms with Gasteiger partial charge in [0.25, 0.3) is 0 Å². The molecule has 1 N–H and O–H groups in total. The number of ether oxygens (including phenoxy) is 1. The molecule has 0 aliphatic carbocycles. The van der Waals surface area contributed by atoms with E-state index in [4.69, 9.17) is 4.74 Å². The van der Waals surface area contributed by atoms with Gasteiger partial charge in [0.1, 0.15) is 0 Å². The van der Waals surface area contributed by atoms with Crippen LogP contribution in [0.1, 0.15) is 24.2 Å². The molecule has 5 nitrogen and oxygen atoms in total. The second kappa shape index (κ2) is 6.96. The fourth-order valence-electron chi connectivity index (χ4n) is 3.41.